The van der Waals surface area contributed by atoms with E-state index in [-0.39, 0.29) is 29.6 Å². The number of hydrogen-bond acceptors (Lipinski definition) is 5. The second-order valence-corrected chi connectivity index (χ2v) is 9.77. The molecule has 8 heteroatoms. The van der Waals surface area contributed by atoms with Gasteiger partial charge in [0.2, 0.25) is 0 Å². The summed E-state index contributed by atoms with van der Waals surface area (Å²) in [4.78, 5) is 30.7. The Morgan fingerprint density at radius 1 is 1.24 bits per heavy atom. The van der Waals surface area contributed by atoms with Crippen molar-refractivity contribution >= 4 is 28.3 Å². The fourth-order valence-corrected chi connectivity index (χ4v) is 5.32. The molecule has 3 atom stereocenters. The number of H-pyrrole nitrogens is 1. The van der Waals surface area contributed by atoms with Crippen LogP contribution in [0.4, 0.5) is 11.5 Å². The van der Waals surface area contributed by atoms with Crippen molar-refractivity contribution in [2.75, 3.05) is 5.32 Å². The van der Waals surface area contributed by atoms with E-state index in [0.717, 1.165) is 42.5 Å². The van der Waals surface area contributed by atoms with Crippen LogP contribution in [0.15, 0.2) is 35.3 Å². The van der Waals surface area contributed by atoms with Crippen molar-refractivity contribution in [1.82, 2.24) is 19.7 Å². The summed E-state index contributed by atoms with van der Waals surface area (Å²) in [5.41, 5.74) is 2.83. The molecule has 5 rings (SSSR count). The Bertz CT molecular complexity index is 1340. The van der Waals surface area contributed by atoms with Crippen LogP contribution in [0.3, 0.4) is 0 Å². The van der Waals surface area contributed by atoms with Crippen molar-refractivity contribution in [2.45, 2.75) is 71.0 Å². The van der Waals surface area contributed by atoms with Crippen molar-refractivity contribution < 1.29 is 4.79 Å². The molecule has 1 aliphatic carbocycles. The number of aromatic nitrogens is 3. The van der Waals surface area contributed by atoms with Crippen LogP contribution < -0.4 is 10.9 Å². The van der Waals surface area contributed by atoms with Gasteiger partial charge in [-0.1, -0.05) is 0 Å². The maximum absolute atomic E-state index is 13.2. The molecule has 1 aliphatic heterocycles. The maximum Gasteiger partial charge on any atom is 0.261 e. The monoisotopic (exact) mass is 458 g/mol. The number of nitrogens with zero attached hydrogens (tertiary/aromatic N) is 4. The van der Waals surface area contributed by atoms with Crippen molar-refractivity contribution in [3.8, 4) is 6.07 Å². The van der Waals surface area contributed by atoms with E-state index in [1.807, 2.05) is 40.8 Å². The zero-order valence-corrected chi connectivity index (χ0v) is 19.8. The van der Waals surface area contributed by atoms with Gasteiger partial charge in [0.05, 0.1) is 24.0 Å². The van der Waals surface area contributed by atoms with E-state index in [1.165, 1.54) is 0 Å². The molecule has 34 heavy (non-hydrogen) atoms. The van der Waals surface area contributed by atoms with Gasteiger partial charge in [0.15, 0.2) is 5.82 Å². The zero-order valence-electron chi connectivity index (χ0n) is 19.8. The number of nitriles is 1. The van der Waals surface area contributed by atoms with Gasteiger partial charge in [-0.2, -0.15) is 10.4 Å². The Morgan fingerprint density at radius 3 is 2.62 bits per heavy atom. The van der Waals surface area contributed by atoms with Crippen molar-refractivity contribution in [3.05, 3.63) is 51.9 Å². The summed E-state index contributed by atoms with van der Waals surface area (Å²) in [5, 5.41) is 17.9. The van der Waals surface area contributed by atoms with E-state index >= 15 is 0 Å². The van der Waals surface area contributed by atoms with E-state index in [0.29, 0.717) is 29.1 Å². The van der Waals surface area contributed by atoms with Gasteiger partial charge in [0, 0.05) is 29.5 Å². The molecule has 3 heterocycles. The third-order valence-electron chi connectivity index (χ3n) is 7.32. The second-order valence-electron chi connectivity index (χ2n) is 9.77. The minimum Gasteiger partial charge on any atom is -0.338 e. The van der Waals surface area contributed by atoms with Gasteiger partial charge < -0.3 is 15.2 Å². The summed E-state index contributed by atoms with van der Waals surface area (Å²) in [7, 11) is 0. The van der Waals surface area contributed by atoms with Gasteiger partial charge in [0.25, 0.3) is 11.5 Å². The van der Waals surface area contributed by atoms with Gasteiger partial charge in [0.1, 0.15) is 5.39 Å². The third-order valence-corrected chi connectivity index (χ3v) is 7.32. The highest BCUT2D eigenvalue weighted by atomic mass is 16.2. The first-order valence-electron chi connectivity index (χ1n) is 12.1. The van der Waals surface area contributed by atoms with Gasteiger partial charge in [-0.25, -0.2) is 0 Å². The van der Waals surface area contributed by atoms with Crippen molar-refractivity contribution in [2.24, 2.45) is 5.92 Å². The number of anilines is 2. The summed E-state index contributed by atoms with van der Waals surface area (Å²) in [6.45, 7) is 6.14. The number of nitrogens with one attached hydrogen (secondary N) is 2. The van der Waals surface area contributed by atoms with Crippen LogP contribution in [0.5, 0.6) is 0 Å². The van der Waals surface area contributed by atoms with Crippen molar-refractivity contribution in [1.29, 1.82) is 5.26 Å². The first-order chi connectivity index (χ1) is 16.4. The number of benzene rings is 1. The van der Waals surface area contributed by atoms with E-state index < -0.39 is 0 Å². The normalized spacial score (nSPS) is 20.9. The van der Waals surface area contributed by atoms with Gasteiger partial charge in [-0.05, 0) is 82.2 Å². The molecule has 3 aromatic rings. The number of amides is 1. The average Bonchev–Trinajstić information content (AvgIpc) is 3.50. The van der Waals surface area contributed by atoms with E-state index in [4.69, 9.17) is 5.10 Å². The number of hydrogen-bond donors (Lipinski definition) is 2. The SMILES string of the molecule is Cc1cc(Nc2nn(C(CC#N)C3CC3)c3cc[nH]c(=O)c23)ccc1C(=O)N1C(C)CCC1C. The first-order valence-corrected chi connectivity index (χ1v) is 12.1. The van der Waals surface area contributed by atoms with E-state index in [2.05, 4.69) is 30.2 Å². The number of carbonyl (C=O) groups excluding carboxylic acids is 1. The van der Waals surface area contributed by atoms with E-state index in [9.17, 15) is 14.9 Å². The minimum atomic E-state index is -0.224. The Kier molecular flexibility index (Phi) is 5.64. The lowest BCUT2D eigenvalue weighted by Crippen LogP contribution is -2.38. The Morgan fingerprint density at radius 2 is 1.97 bits per heavy atom. The lowest BCUT2D eigenvalue weighted by Gasteiger charge is -2.27. The van der Waals surface area contributed by atoms with Crippen LogP contribution in [0.2, 0.25) is 0 Å². The predicted molar refractivity (Wildman–Crippen MR) is 131 cm³/mol. The topological polar surface area (TPSA) is 107 Å². The summed E-state index contributed by atoms with van der Waals surface area (Å²) < 4.78 is 1.84. The Hall–Kier alpha value is -3.60. The molecule has 2 aromatic heterocycles. The maximum atomic E-state index is 13.2. The molecule has 1 saturated carbocycles. The first kappa shape index (κ1) is 22.2. The summed E-state index contributed by atoms with van der Waals surface area (Å²) in [5.74, 6) is 0.940. The molecule has 0 spiro atoms. The van der Waals surface area contributed by atoms with Crippen LogP contribution in [-0.4, -0.2) is 37.7 Å². The van der Waals surface area contributed by atoms with Gasteiger partial charge >= 0.3 is 0 Å². The Labute approximate surface area is 198 Å². The molecule has 1 amide bonds. The Balaban J connectivity index is 1.48. The van der Waals surface area contributed by atoms with E-state index in [1.54, 1.807) is 6.20 Å². The highest BCUT2D eigenvalue weighted by Gasteiger charge is 2.35. The van der Waals surface area contributed by atoms with Crippen LogP contribution in [0.25, 0.3) is 10.9 Å². The number of likely N-dealkylation sites (tertiary alicyclic amines) is 1. The molecule has 3 unspecified atom stereocenters. The lowest BCUT2D eigenvalue weighted by molar-refractivity contribution is 0.0692. The van der Waals surface area contributed by atoms with Gasteiger partial charge in [-0.15, -0.1) is 0 Å². The second kappa shape index (κ2) is 8.64. The number of carbonyl (C=O) groups is 1. The molecular formula is C26H30N6O2. The summed E-state index contributed by atoms with van der Waals surface area (Å²) in [6, 6.07) is 10.2. The molecule has 1 aromatic carbocycles. The fourth-order valence-electron chi connectivity index (χ4n) is 5.32. The summed E-state index contributed by atoms with van der Waals surface area (Å²) in [6.07, 6.45) is 6.18. The largest absolute Gasteiger partial charge is 0.338 e. The standard InChI is InChI=1S/C26H30N6O2/c1-15-14-19(8-9-20(15)26(34)31-16(2)4-5-17(31)3)29-24-23-22(11-13-28-25(23)33)32(30-24)21(10-12-27)18-6-7-18/h8-9,11,13-14,16-18,21H,4-7,10H2,1-3H3,(H,28,33)(H,29,30). The predicted octanol–water partition coefficient (Wildman–Crippen LogP) is 4.65. The number of rotatable bonds is 6. The quantitative estimate of drug-likeness (QED) is 0.559. The van der Waals surface area contributed by atoms with Crippen LogP contribution in [-0.2, 0) is 0 Å². The smallest absolute Gasteiger partial charge is 0.261 e. The fraction of sp³-hybridized carbons (Fsp3) is 0.462. The highest BCUT2D eigenvalue weighted by Crippen LogP contribution is 2.43. The average molecular weight is 459 g/mol. The molecule has 0 radical (unpaired) electrons. The molecular weight excluding hydrogens is 428 g/mol. The molecule has 176 valence electrons. The minimum absolute atomic E-state index is 0.0453. The van der Waals surface area contributed by atoms with Gasteiger partial charge in [-0.3, -0.25) is 14.3 Å². The summed E-state index contributed by atoms with van der Waals surface area (Å²) >= 11 is 0. The highest BCUT2D eigenvalue weighted by molar-refractivity contribution is 5.97. The van der Waals surface area contributed by atoms with Crippen LogP contribution in [0, 0.1) is 24.2 Å². The molecule has 0 bridgehead atoms. The molecule has 2 aliphatic rings. The third kappa shape index (κ3) is 3.85. The molecule has 8 nitrogen and oxygen atoms in total. The number of fused-ring (bicyclic) bond motifs is 1. The molecule has 2 N–H and O–H groups in total. The van der Waals surface area contributed by atoms with Crippen molar-refractivity contribution in [3.63, 3.8) is 0 Å². The van der Waals surface area contributed by atoms with Crippen LogP contribution >= 0.6 is 0 Å². The molecule has 1 saturated heterocycles. The zero-order chi connectivity index (χ0) is 24.0. The molecule has 2 fully saturated rings. The number of aromatic amines is 1. The van der Waals surface area contributed by atoms with Crippen LogP contribution in [0.1, 0.15) is 67.9 Å². The lowest BCUT2D eigenvalue weighted by atomic mass is 10.1. The number of pyridine rings is 1. The number of aryl methyl sites for hydroxylation is 1.